The summed E-state index contributed by atoms with van der Waals surface area (Å²) in [5.74, 6) is 0.903. The molecule has 0 fully saturated rings. The number of carbonyl (C=O) groups excluding carboxylic acids is 1. The number of ether oxygens (including phenoxy) is 2. The molecule has 0 N–H and O–H groups in total. The smallest absolute Gasteiger partial charge is 0.282 e. The molecule has 0 bridgehead atoms. The Morgan fingerprint density at radius 1 is 1.19 bits per heavy atom. The number of methoxy groups -OCH3 is 2. The molecule has 0 radical (unpaired) electrons. The predicted octanol–water partition coefficient (Wildman–Crippen LogP) is 3.37. The highest BCUT2D eigenvalue weighted by Gasteiger charge is 2.32. The monoisotopic (exact) mass is 356 g/mol. The largest absolute Gasteiger partial charge is 0.493 e. The zero-order valence-electron chi connectivity index (χ0n) is 14.9. The minimum atomic E-state index is -0.524. The van der Waals surface area contributed by atoms with Crippen molar-refractivity contribution in [1.82, 2.24) is 4.90 Å². The van der Waals surface area contributed by atoms with Crippen LogP contribution in [0.3, 0.4) is 0 Å². The van der Waals surface area contributed by atoms with Gasteiger partial charge >= 0.3 is 0 Å². The summed E-state index contributed by atoms with van der Waals surface area (Å²) < 4.78 is 10.7. The fourth-order valence-electron chi connectivity index (χ4n) is 3.39. The molecule has 7 nitrogen and oxygen atoms in total. The first-order valence-corrected chi connectivity index (χ1v) is 8.27. The second kappa shape index (κ2) is 7.03. The maximum Gasteiger partial charge on any atom is 0.282 e. The molecule has 0 aromatic heterocycles. The number of nitro benzene ring substituents is 1. The average molecular weight is 356 g/mol. The molecule has 2 aromatic carbocycles. The molecular formula is C19H20N2O5. The lowest BCUT2D eigenvalue weighted by Crippen LogP contribution is -2.39. The Hall–Kier alpha value is -3.09. The number of benzene rings is 2. The Bertz CT molecular complexity index is 865. The van der Waals surface area contributed by atoms with E-state index in [1.165, 1.54) is 12.1 Å². The molecule has 1 aliphatic heterocycles. The topological polar surface area (TPSA) is 81.9 Å². The molecule has 2 aromatic rings. The molecule has 1 atom stereocenters. The molecule has 1 heterocycles. The lowest BCUT2D eigenvalue weighted by Gasteiger charge is -2.35. The number of hydrogen-bond acceptors (Lipinski definition) is 5. The van der Waals surface area contributed by atoms with Gasteiger partial charge in [-0.15, -0.1) is 0 Å². The van der Waals surface area contributed by atoms with E-state index in [1.54, 1.807) is 31.3 Å². The molecule has 1 amide bonds. The number of nitrogens with zero attached hydrogens (tertiary/aromatic N) is 2. The Labute approximate surface area is 151 Å². The quantitative estimate of drug-likeness (QED) is 0.620. The van der Waals surface area contributed by atoms with Crippen molar-refractivity contribution in [2.75, 3.05) is 20.8 Å². The first kappa shape index (κ1) is 17.7. The molecule has 3 rings (SSSR count). The number of hydrogen-bond donors (Lipinski definition) is 0. The van der Waals surface area contributed by atoms with Crippen molar-refractivity contribution in [3.8, 4) is 11.5 Å². The van der Waals surface area contributed by atoms with Crippen LogP contribution in [0.4, 0.5) is 5.69 Å². The standard InChI is InChI=1S/C19H20N2O5/c1-12-15-11-18(26-3)17(25-2)10-13(15)8-9-20(12)19(22)14-6-4-5-7-16(14)21(23)24/h4-7,10-12H,8-9H2,1-3H3/t12-/m1/s1. The summed E-state index contributed by atoms with van der Waals surface area (Å²) in [6.45, 7) is 2.39. The zero-order valence-corrected chi connectivity index (χ0v) is 14.9. The number of carbonyl (C=O) groups is 1. The van der Waals surface area contributed by atoms with Crippen molar-refractivity contribution in [1.29, 1.82) is 0 Å². The van der Waals surface area contributed by atoms with Gasteiger partial charge in [-0.25, -0.2) is 0 Å². The highest BCUT2D eigenvalue weighted by molar-refractivity contribution is 5.98. The summed E-state index contributed by atoms with van der Waals surface area (Å²) >= 11 is 0. The van der Waals surface area contributed by atoms with Gasteiger partial charge in [-0.05, 0) is 42.7 Å². The normalized spacial score (nSPS) is 16.0. The Kier molecular flexibility index (Phi) is 4.79. The van der Waals surface area contributed by atoms with Crippen LogP contribution in [0.2, 0.25) is 0 Å². The number of fused-ring (bicyclic) bond motifs is 1. The molecule has 0 saturated carbocycles. The molecule has 26 heavy (non-hydrogen) atoms. The molecule has 0 unspecified atom stereocenters. The van der Waals surface area contributed by atoms with Gasteiger partial charge in [-0.1, -0.05) is 12.1 Å². The van der Waals surface area contributed by atoms with Crippen molar-refractivity contribution in [2.24, 2.45) is 0 Å². The Morgan fingerprint density at radius 2 is 1.85 bits per heavy atom. The summed E-state index contributed by atoms with van der Waals surface area (Å²) in [4.78, 5) is 25.4. The van der Waals surface area contributed by atoms with Gasteiger partial charge in [0, 0.05) is 12.6 Å². The number of amides is 1. The fraction of sp³-hybridized carbons (Fsp3) is 0.316. The van der Waals surface area contributed by atoms with Crippen LogP contribution in [0, 0.1) is 10.1 Å². The average Bonchev–Trinajstić information content (AvgIpc) is 2.66. The van der Waals surface area contributed by atoms with E-state index in [0.717, 1.165) is 11.1 Å². The third-order valence-electron chi connectivity index (χ3n) is 4.78. The summed E-state index contributed by atoms with van der Waals surface area (Å²) in [6, 6.07) is 9.61. The van der Waals surface area contributed by atoms with E-state index >= 15 is 0 Å². The summed E-state index contributed by atoms with van der Waals surface area (Å²) in [7, 11) is 3.15. The van der Waals surface area contributed by atoms with Crippen molar-refractivity contribution < 1.29 is 19.2 Å². The van der Waals surface area contributed by atoms with E-state index in [9.17, 15) is 14.9 Å². The van der Waals surface area contributed by atoms with E-state index < -0.39 is 4.92 Å². The van der Waals surface area contributed by atoms with Crippen LogP contribution in [0.25, 0.3) is 0 Å². The third kappa shape index (κ3) is 2.96. The molecule has 1 aliphatic rings. The number of nitro groups is 1. The highest BCUT2D eigenvalue weighted by Crippen LogP contribution is 2.38. The maximum absolute atomic E-state index is 13.0. The number of para-hydroxylation sites is 1. The summed E-state index contributed by atoms with van der Waals surface area (Å²) in [5, 5.41) is 11.2. The van der Waals surface area contributed by atoms with Crippen molar-refractivity contribution >= 4 is 11.6 Å². The van der Waals surface area contributed by atoms with Crippen LogP contribution in [0.5, 0.6) is 11.5 Å². The van der Waals surface area contributed by atoms with Crippen LogP contribution in [-0.2, 0) is 6.42 Å². The maximum atomic E-state index is 13.0. The van der Waals surface area contributed by atoms with Crippen molar-refractivity contribution in [3.05, 3.63) is 63.2 Å². The van der Waals surface area contributed by atoms with Crippen LogP contribution in [0.1, 0.15) is 34.5 Å². The predicted molar refractivity (Wildman–Crippen MR) is 95.8 cm³/mol. The SMILES string of the molecule is COc1cc2c(cc1OC)[C@@H](C)N(C(=O)c1ccccc1[N+](=O)[O-])CC2. The molecule has 0 saturated heterocycles. The lowest BCUT2D eigenvalue weighted by atomic mass is 9.92. The number of rotatable bonds is 4. The Morgan fingerprint density at radius 3 is 2.50 bits per heavy atom. The first-order valence-electron chi connectivity index (χ1n) is 8.27. The van der Waals surface area contributed by atoms with E-state index in [2.05, 4.69) is 0 Å². The lowest BCUT2D eigenvalue weighted by molar-refractivity contribution is -0.385. The second-order valence-electron chi connectivity index (χ2n) is 6.10. The minimum absolute atomic E-state index is 0.105. The first-order chi connectivity index (χ1) is 12.5. The van der Waals surface area contributed by atoms with Gasteiger partial charge in [-0.3, -0.25) is 14.9 Å². The van der Waals surface area contributed by atoms with Crippen LogP contribution >= 0.6 is 0 Å². The van der Waals surface area contributed by atoms with E-state index in [1.807, 2.05) is 19.1 Å². The molecular weight excluding hydrogens is 336 g/mol. The van der Waals surface area contributed by atoms with E-state index in [4.69, 9.17) is 9.47 Å². The van der Waals surface area contributed by atoms with Crippen LogP contribution < -0.4 is 9.47 Å². The highest BCUT2D eigenvalue weighted by atomic mass is 16.6. The van der Waals surface area contributed by atoms with Gasteiger partial charge in [-0.2, -0.15) is 0 Å². The van der Waals surface area contributed by atoms with Gasteiger partial charge < -0.3 is 14.4 Å². The van der Waals surface area contributed by atoms with E-state index in [-0.39, 0.29) is 23.2 Å². The van der Waals surface area contributed by atoms with Gasteiger partial charge in [0.05, 0.1) is 25.2 Å². The van der Waals surface area contributed by atoms with Gasteiger partial charge in [0.1, 0.15) is 5.56 Å². The van der Waals surface area contributed by atoms with Crippen molar-refractivity contribution in [3.63, 3.8) is 0 Å². The third-order valence-corrected chi connectivity index (χ3v) is 4.78. The van der Waals surface area contributed by atoms with Gasteiger partial charge in [0.15, 0.2) is 11.5 Å². The molecule has 136 valence electrons. The summed E-state index contributed by atoms with van der Waals surface area (Å²) in [5.41, 5.74) is 1.97. The molecule has 7 heteroatoms. The fourth-order valence-corrected chi connectivity index (χ4v) is 3.39. The minimum Gasteiger partial charge on any atom is -0.493 e. The zero-order chi connectivity index (χ0) is 18.8. The van der Waals surface area contributed by atoms with Gasteiger partial charge in [0.2, 0.25) is 0 Å². The molecule has 0 aliphatic carbocycles. The second-order valence-corrected chi connectivity index (χ2v) is 6.10. The summed E-state index contributed by atoms with van der Waals surface area (Å²) in [6.07, 6.45) is 0.645. The van der Waals surface area contributed by atoms with Crippen LogP contribution in [-0.4, -0.2) is 36.5 Å². The van der Waals surface area contributed by atoms with Gasteiger partial charge in [0.25, 0.3) is 11.6 Å². The molecule has 0 spiro atoms. The Balaban J connectivity index is 1.98. The van der Waals surface area contributed by atoms with Crippen molar-refractivity contribution in [2.45, 2.75) is 19.4 Å². The van der Waals surface area contributed by atoms with Crippen LogP contribution in [0.15, 0.2) is 36.4 Å². The van der Waals surface area contributed by atoms with E-state index in [0.29, 0.717) is 24.5 Å².